The third kappa shape index (κ3) is 3.46. The van der Waals surface area contributed by atoms with E-state index < -0.39 is 11.8 Å². The monoisotopic (exact) mass is 549 g/mol. The van der Waals surface area contributed by atoms with Gasteiger partial charge in [-0.15, -0.1) is 0 Å². The fourth-order valence-corrected chi connectivity index (χ4v) is 4.32. The van der Waals surface area contributed by atoms with Gasteiger partial charge in [-0.25, -0.2) is 14.2 Å². The van der Waals surface area contributed by atoms with Crippen molar-refractivity contribution < 1.29 is 18.7 Å². The normalized spacial score (nSPS) is 15.4. The Balaban J connectivity index is 2.06. The number of hydrogen-bond donors (Lipinski definition) is 0. The topological polar surface area (TPSA) is 47.9 Å². The largest absolute Gasteiger partial charge is 0.495 e. The molecule has 0 amide bonds. The fourth-order valence-electron chi connectivity index (χ4n) is 2.21. The summed E-state index contributed by atoms with van der Waals surface area (Å²) in [6.45, 7) is 0. The van der Waals surface area contributed by atoms with Crippen molar-refractivity contribution >= 4 is 63.1 Å². The van der Waals surface area contributed by atoms with E-state index in [4.69, 9.17) is 9.47 Å². The zero-order chi connectivity index (χ0) is 17.3. The molecule has 2 aromatic carbocycles. The summed E-state index contributed by atoms with van der Waals surface area (Å²) < 4.78 is 26.2. The van der Waals surface area contributed by atoms with Crippen molar-refractivity contribution in [3.63, 3.8) is 0 Å². The molecule has 0 aliphatic carbocycles. The lowest BCUT2D eigenvalue weighted by Crippen LogP contribution is -2.07. The number of methoxy groups -OCH3 is 1. The molecule has 0 radical (unpaired) electrons. The number of hydrogen-bond acceptors (Lipinski definition) is 4. The predicted octanol–water partition coefficient (Wildman–Crippen LogP) is 4.39. The molecule has 4 nitrogen and oxygen atoms in total. The van der Waals surface area contributed by atoms with Crippen LogP contribution in [0.4, 0.5) is 4.39 Å². The summed E-state index contributed by atoms with van der Waals surface area (Å²) in [6.07, 6.45) is 1.58. The van der Waals surface area contributed by atoms with Crippen LogP contribution in [0.1, 0.15) is 11.1 Å². The summed E-state index contributed by atoms with van der Waals surface area (Å²) in [7, 11) is 1.56. The van der Waals surface area contributed by atoms with Crippen LogP contribution in [0, 0.1) is 13.0 Å². The van der Waals surface area contributed by atoms with E-state index in [0.717, 1.165) is 7.14 Å². The summed E-state index contributed by atoms with van der Waals surface area (Å²) in [4.78, 5) is 16.2. The quantitative estimate of drug-likeness (QED) is 0.325. The minimum absolute atomic E-state index is 0.0383. The van der Waals surface area contributed by atoms with Crippen LogP contribution in [0.2, 0.25) is 0 Å². The first-order valence-corrected chi connectivity index (χ1v) is 8.96. The van der Waals surface area contributed by atoms with Crippen molar-refractivity contribution in [3.8, 4) is 5.75 Å². The zero-order valence-corrected chi connectivity index (χ0v) is 16.7. The van der Waals surface area contributed by atoms with Gasteiger partial charge in [0.15, 0.2) is 5.70 Å². The van der Waals surface area contributed by atoms with Crippen LogP contribution in [0.15, 0.2) is 47.1 Å². The average molecular weight is 549 g/mol. The second kappa shape index (κ2) is 7.18. The maximum Gasteiger partial charge on any atom is 0.363 e. The molecule has 0 spiro atoms. The third-order valence-electron chi connectivity index (χ3n) is 3.26. The number of cyclic esters (lactones) is 1. The lowest BCUT2D eigenvalue weighted by Gasteiger charge is -2.08. The molecule has 3 rings (SSSR count). The molecule has 122 valence electrons. The Morgan fingerprint density at radius 3 is 2.71 bits per heavy atom. The highest BCUT2D eigenvalue weighted by Gasteiger charge is 2.26. The van der Waals surface area contributed by atoms with Gasteiger partial charge in [0.25, 0.3) is 0 Å². The zero-order valence-electron chi connectivity index (χ0n) is 12.3. The van der Waals surface area contributed by atoms with Crippen LogP contribution in [-0.4, -0.2) is 19.0 Å². The lowest BCUT2D eigenvalue weighted by molar-refractivity contribution is -0.129. The maximum absolute atomic E-state index is 13.8. The first-order chi connectivity index (χ1) is 11.5. The van der Waals surface area contributed by atoms with Gasteiger partial charge < -0.3 is 9.47 Å². The molecule has 0 aromatic heterocycles. The van der Waals surface area contributed by atoms with Gasteiger partial charge in [0.1, 0.15) is 11.6 Å². The molecule has 0 unspecified atom stereocenters. The van der Waals surface area contributed by atoms with E-state index in [1.807, 2.05) is 12.1 Å². The van der Waals surface area contributed by atoms with Crippen molar-refractivity contribution in [1.29, 1.82) is 0 Å². The lowest BCUT2D eigenvalue weighted by atomic mass is 10.1. The molecule has 1 aliphatic heterocycles. The highest BCUT2D eigenvalue weighted by Crippen LogP contribution is 2.31. The number of benzene rings is 2. The Hall–Kier alpha value is -1.49. The van der Waals surface area contributed by atoms with E-state index in [1.54, 1.807) is 25.3 Å². The van der Waals surface area contributed by atoms with E-state index in [2.05, 4.69) is 50.2 Å². The molecule has 2 aromatic rings. The van der Waals surface area contributed by atoms with Gasteiger partial charge in [0.2, 0.25) is 5.90 Å². The first kappa shape index (κ1) is 17.3. The summed E-state index contributed by atoms with van der Waals surface area (Å²) in [5.41, 5.74) is 0.960. The summed E-state index contributed by atoms with van der Waals surface area (Å²) in [5.74, 6) is -0.509. The van der Waals surface area contributed by atoms with Gasteiger partial charge in [-0.1, -0.05) is 12.1 Å². The van der Waals surface area contributed by atoms with Crippen molar-refractivity contribution in [3.05, 3.63) is 66.2 Å². The number of ether oxygens (including phenoxy) is 2. The van der Waals surface area contributed by atoms with Gasteiger partial charge >= 0.3 is 5.97 Å². The molecule has 7 heteroatoms. The van der Waals surface area contributed by atoms with E-state index in [9.17, 15) is 9.18 Å². The number of aliphatic imine (C=N–C) groups is 1. The van der Waals surface area contributed by atoms with E-state index in [-0.39, 0.29) is 17.2 Å². The number of carbonyl (C=O) groups is 1. The Bertz CT molecular complexity index is 893. The number of rotatable bonds is 3. The van der Waals surface area contributed by atoms with E-state index >= 15 is 0 Å². The molecule has 1 heterocycles. The molecule has 0 fully saturated rings. The van der Waals surface area contributed by atoms with Gasteiger partial charge in [0, 0.05) is 9.13 Å². The Morgan fingerprint density at radius 2 is 2.00 bits per heavy atom. The smallest absolute Gasteiger partial charge is 0.363 e. The first-order valence-electron chi connectivity index (χ1n) is 6.80. The van der Waals surface area contributed by atoms with Gasteiger partial charge in [-0.2, -0.15) is 0 Å². The van der Waals surface area contributed by atoms with E-state index in [0.29, 0.717) is 11.3 Å². The van der Waals surface area contributed by atoms with Crippen LogP contribution >= 0.6 is 45.2 Å². The number of esters is 1. The summed E-state index contributed by atoms with van der Waals surface area (Å²) in [5, 5.41) is 0. The van der Waals surface area contributed by atoms with E-state index in [1.165, 1.54) is 12.1 Å². The van der Waals surface area contributed by atoms with Gasteiger partial charge in [0.05, 0.1) is 16.2 Å². The standard InChI is InChI=1S/C17H10FI2NO3/c1-23-15-9(6-10(19)8-13(15)20)7-14-17(22)24-16(21-14)11-4-2-3-5-12(11)18/h2-8H,1H3/b14-7-. The number of carbonyl (C=O) groups excluding carboxylic acids is 1. The molecule has 24 heavy (non-hydrogen) atoms. The molecule has 0 atom stereocenters. The average Bonchev–Trinajstić information content (AvgIpc) is 2.88. The maximum atomic E-state index is 13.8. The SMILES string of the molecule is COc1c(I)cc(I)cc1/C=C1\N=C(c2ccccc2F)OC1=O. The second-order valence-corrected chi connectivity index (χ2v) is 7.23. The van der Waals surface area contributed by atoms with Crippen LogP contribution in [0.25, 0.3) is 6.08 Å². The third-order valence-corrected chi connectivity index (χ3v) is 4.68. The van der Waals surface area contributed by atoms with Crippen molar-refractivity contribution in [2.24, 2.45) is 4.99 Å². The number of nitrogens with zero attached hydrogens (tertiary/aromatic N) is 1. The number of halogens is 3. The fraction of sp³-hybridized carbons (Fsp3) is 0.0588. The Morgan fingerprint density at radius 1 is 1.25 bits per heavy atom. The Labute approximate surface area is 165 Å². The van der Waals surface area contributed by atoms with Gasteiger partial charge in [-0.05, 0) is 75.5 Å². The summed E-state index contributed by atoms with van der Waals surface area (Å²) in [6, 6.07) is 9.85. The van der Waals surface area contributed by atoms with Gasteiger partial charge in [-0.3, -0.25) is 0 Å². The molecule has 0 bridgehead atoms. The molecular weight excluding hydrogens is 539 g/mol. The van der Waals surface area contributed by atoms with Crippen LogP contribution in [0.5, 0.6) is 5.75 Å². The molecule has 0 saturated heterocycles. The van der Waals surface area contributed by atoms with Crippen molar-refractivity contribution in [2.45, 2.75) is 0 Å². The van der Waals surface area contributed by atoms with Crippen LogP contribution in [-0.2, 0) is 9.53 Å². The molecular formula is C17H10FI2NO3. The molecule has 0 N–H and O–H groups in total. The van der Waals surface area contributed by atoms with Crippen molar-refractivity contribution in [1.82, 2.24) is 0 Å². The van der Waals surface area contributed by atoms with Crippen LogP contribution < -0.4 is 4.74 Å². The molecule has 0 saturated carbocycles. The predicted molar refractivity (Wildman–Crippen MR) is 105 cm³/mol. The minimum atomic E-state index is -0.621. The minimum Gasteiger partial charge on any atom is -0.495 e. The highest BCUT2D eigenvalue weighted by molar-refractivity contribution is 14.1. The Kier molecular flexibility index (Phi) is 5.18. The van der Waals surface area contributed by atoms with Crippen LogP contribution in [0.3, 0.4) is 0 Å². The highest BCUT2D eigenvalue weighted by atomic mass is 127. The second-order valence-electron chi connectivity index (χ2n) is 4.83. The summed E-state index contributed by atoms with van der Waals surface area (Å²) >= 11 is 4.34. The molecule has 1 aliphatic rings. The van der Waals surface area contributed by atoms with Crippen molar-refractivity contribution in [2.75, 3.05) is 7.11 Å².